The van der Waals surface area contributed by atoms with Gasteiger partial charge in [-0.1, -0.05) is 18.2 Å². The van der Waals surface area contributed by atoms with E-state index >= 15 is 0 Å². The van der Waals surface area contributed by atoms with Gasteiger partial charge >= 0.3 is 0 Å². The number of anilines is 1. The van der Waals surface area contributed by atoms with Gasteiger partial charge in [0.15, 0.2) is 5.82 Å². The summed E-state index contributed by atoms with van der Waals surface area (Å²) < 4.78 is 0. The van der Waals surface area contributed by atoms with Crippen molar-refractivity contribution in [1.82, 2.24) is 20.3 Å². The van der Waals surface area contributed by atoms with Gasteiger partial charge in [0.2, 0.25) is 0 Å². The fraction of sp³-hybridized carbons (Fsp3) is 0.263. The normalized spacial score (nSPS) is 11.8. The van der Waals surface area contributed by atoms with E-state index in [1.54, 1.807) is 0 Å². The molecule has 27 heavy (non-hydrogen) atoms. The maximum absolute atomic E-state index is 12.4. The average molecular weight is 383 g/mol. The number of rotatable bonds is 6. The van der Waals surface area contributed by atoms with Crippen LogP contribution in [0.4, 0.5) is 5.69 Å². The van der Waals surface area contributed by atoms with Gasteiger partial charge in [0, 0.05) is 36.9 Å². The Kier molecular flexibility index (Phi) is 5.66. The van der Waals surface area contributed by atoms with Crippen molar-refractivity contribution in [1.29, 1.82) is 0 Å². The molecule has 1 aromatic carbocycles. The fourth-order valence-electron chi connectivity index (χ4n) is 2.55. The summed E-state index contributed by atoms with van der Waals surface area (Å²) in [5.74, 6) is -0.0869. The van der Waals surface area contributed by atoms with Crippen LogP contribution in [-0.4, -0.2) is 40.5 Å². The number of para-hydroxylation sites is 1. The van der Waals surface area contributed by atoms with Crippen LogP contribution in [0.15, 0.2) is 46.7 Å². The number of nitrogens with one attached hydrogen (secondary N) is 2. The zero-order valence-corrected chi connectivity index (χ0v) is 16.2. The number of carbonyl (C=O) groups is 1. The van der Waals surface area contributed by atoms with Crippen molar-refractivity contribution < 1.29 is 4.79 Å². The smallest absolute Gasteiger partial charge is 0.264 e. The van der Waals surface area contributed by atoms with Crippen LogP contribution in [-0.2, 0) is 0 Å². The van der Waals surface area contributed by atoms with Crippen molar-refractivity contribution in [3.8, 4) is 11.5 Å². The lowest BCUT2D eigenvalue weighted by molar-refractivity contribution is 0.0949. The molecule has 3 rings (SSSR count). The highest BCUT2D eigenvalue weighted by atomic mass is 32.1. The second kappa shape index (κ2) is 8.13. The predicted octanol–water partition coefficient (Wildman–Crippen LogP) is 2.46. The molecule has 0 bridgehead atoms. The number of amides is 1. The Bertz CT molecular complexity index is 983. The molecule has 2 heterocycles. The van der Waals surface area contributed by atoms with Gasteiger partial charge in [-0.25, -0.2) is 9.97 Å². The minimum atomic E-state index is -0.479. The number of H-pyrrole nitrogens is 1. The zero-order chi connectivity index (χ0) is 19.4. The molecule has 0 radical (unpaired) electrons. The summed E-state index contributed by atoms with van der Waals surface area (Å²) >= 11 is 1.47. The Hall–Kier alpha value is -3.00. The lowest BCUT2D eigenvalue weighted by atomic mass is 10.2. The molecular weight excluding hydrogens is 362 g/mol. The molecule has 0 unspecified atom stereocenters. The van der Waals surface area contributed by atoms with Crippen molar-refractivity contribution in [3.63, 3.8) is 0 Å². The summed E-state index contributed by atoms with van der Waals surface area (Å²) in [4.78, 5) is 37.8. The predicted molar refractivity (Wildman–Crippen MR) is 107 cm³/mol. The Morgan fingerprint density at radius 2 is 2.07 bits per heavy atom. The van der Waals surface area contributed by atoms with E-state index in [1.165, 1.54) is 17.5 Å². The van der Waals surface area contributed by atoms with Crippen molar-refractivity contribution in [3.05, 3.63) is 62.8 Å². The van der Waals surface area contributed by atoms with Gasteiger partial charge in [-0.05, 0) is 26.0 Å². The lowest BCUT2D eigenvalue weighted by Crippen LogP contribution is -2.41. The highest BCUT2D eigenvalue weighted by molar-refractivity contribution is 7.09. The molecule has 2 aromatic heterocycles. The number of carbonyl (C=O) groups excluding carboxylic acids is 1. The summed E-state index contributed by atoms with van der Waals surface area (Å²) in [6.45, 7) is 4.28. The molecule has 0 saturated carbocycles. The lowest BCUT2D eigenvalue weighted by Gasteiger charge is -2.27. The first-order valence-electron chi connectivity index (χ1n) is 8.53. The van der Waals surface area contributed by atoms with Crippen LogP contribution in [0.2, 0.25) is 0 Å². The van der Waals surface area contributed by atoms with E-state index in [-0.39, 0.29) is 11.6 Å². The fourth-order valence-corrected chi connectivity index (χ4v) is 3.15. The van der Waals surface area contributed by atoms with E-state index in [0.717, 1.165) is 10.7 Å². The molecular formula is C19H21N5O2S. The molecule has 2 N–H and O–H groups in total. The number of hydrogen-bond donors (Lipinski definition) is 2. The van der Waals surface area contributed by atoms with Crippen molar-refractivity contribution in [2.75, 3.05) is 18.5 Å². The minimum absolute atomic E-state index is 0.0136. The number of thiazole rings is 1. The third-order valence-corrected chi connectivity index (χ3v) is 5.06. The monoisotopic (exact) mass is 383 g/mol. The number of aromatic nitrogens is 3. The van der Waals surface area contributed by atoms with Gasteiger partial charge in [0.1, 0.15) is 11.3 Å². The number of nitrogens with zero attached hydrogens (tertiary/aromatic N) is 3. The Balaban J connectivity index is 1.65. The van der Waals surface area contributed by atoms with E-state index in [0.29, 0.717) is 18.1 Å². The highest BCUT2D eigenvalue weighted by Gasteiger charge is 2.16. The molecule has 0 aliphatic heterocycles. The third kappa shape index (κ3) is 4.40. The summed E-state index contributed by atoms with van der Waals surface area (Å²) in [5.41, 5.74) is 1.16. The average Bonchev–Trinajstić information content (AvgIpc) is 3.12. The van der Waals surface area contributed by atoms with Crippen LogP contribution in [0.1, 0.15) is 22.3 Å². The minimum Gasteiger partial charge on any atom is -0.370 e. The van der Waals surface area contributed by atoms with Crippen LogP contribution in [0.25, 0.3) is 11.5 Å². The topological polar surface area (TPSA) is 91.0 Å². The van der Waals surface area contributed by atoms with E-state index < -0.39 is 11.5 Å². The van der Waals surface area contributed by atoms with Gasteiger partial charge in [-0.2, -0.15) is 0 Å². The summed E-state index contributed by atoms with van der Waals surface area (Å²) in [6.07, 6.45) is 1.30. The van der Waals surface area contributed by atoms with Crippen LogP contribution < -0.4 is 15.8 Å². The molecule has 0 fully saturated rings. The Morgan fingerprint density at radius 1 is 1.33 bits per heavy atom. The van der Waals surface area contributed by atoms with E-state index in [2.05, 4.69) is 25.2 Å². The maximum atomic E-state index is 12.4. The molecule has 1 atom stereocenters. The van der Waals surface area contributed by atoms with Crippen molar-refractivity contribution in [2.45, 2.75) is 19.9 Å². The number of hydrogen-bond acceptors (Lipinski definition) is 6. The largest absolute Gasteiger partial charge is 0.370 e. The van der Waals surface area contributed by atoms with Crippen LogP contribution in [0, 0.1) is 6.92 Å². The first-order chi connectivity index (χ1) is 13.0. The van der Waals surface area contributed by atoms with Crippen LogP contribution in [0.3, 0.4) is 0 Å². The molecule has 3 aromatic rings. The number of aryl methyl sites for hydroxylation is 1. The second-order valence-corrected chi connectivity index (χ2v) is 7.29. The molecule has 140 valence electrons. The quantitative estimate of drug-likeness (QED) is 0.682. The first-order valence-corrected chi connectivity index (χ1v) is 9.41. The van der Waals surface area contributed by atoms with Gasteiger partial charge in [0.25, 0.3) is 11.5 Å². The molecule has 1 amide bonds. The highest BCUT2D eigenvalue weighted by Crippen LogP contribution is 2.16. The summed E-state index contributed by atoms with van der Waals surface area (Å²) in [6, 6.07) is 9.96. The number of benzene rings is 1. The number of likely N-dealkylation sites (N-methyl/N-ethyl adjacent to an activating group) is 1. The van der Waals surface area contributed by atoms with E-state index in [1.807, 2.05) is 56.6 Å². The second-order valence-electron chi connectivity index (χ2n) is 6.23. The van der Waals surface area contributed by atoms with E-state index in [9.17, 15) is 9.59 Å². The number of aromatic amines is 1. The summed E-state index contributed by atoms with van der Waals surface area (Å²) in [5, 5.41) is 5.49. The molecule has 0 aliphatic carbocycles. The van der Waals surface area contributed by atoms with Crippen molar-refractivity contribution >= 4 is 22.9 Å². The first kappa shape index (κ1) is 18.8. The molecule has 7 nitrogen and oxygen atoms in total. The Labute approximate surface area is 161 Å². The third-order valence-electron chi connectivity index (χ3n) is 4.29. The summed E-state index contributed by atoms with van der Waals surface area (Å²) in [7, 11) is 1.96. The molecule has 8 heteroatoms. The van der Waals surface area contributed by atoms with Gasteiger partial charge in [0.05, 0.1) is 5.01 Å². The van der Waals surface area contributed by atoms with Gasteiger partial charge in [-0.15, -0.1) is 11.3 Å². The SMILES string of the molecule is Cc1nc(-c2ncc(C(=O)NC[C@@H](C)N(C)c3ccccc3)c(=O)[nH]2)cs1. The standard InChI is InChI=1S/C19H21N5O2S/c1-12(24(3)14-7-5-4-6-8-14)9-21-18(25)15-10-20-17(23-19(15)26)16-11-27-13(2)22-16/h4-8,10-12H,9H2,1-3H3,(H,21,25)(H,20,23,26)/t12-/m1/s1. The maximum Gasteiger partial charge on any atom is 0.264 e. The molecule has 0 aliphatic rings. The van der Waals surface area contributed by atoms with Crippen molar-refractivity contribution in [2.24, 2.45) is 0 Å². The van der Waals surface area contributed by atoms with Gasteiger partial charge in [-0.3, -0.25) is 9.59 Å². The van der Waals surface area contributed by atoms with Crippen LogP contribution in [0.5, 0.6) is 0 Å². The Morgan fingerprint density at radius 3 is 2.70 bits per heavy atom. The molecule has 0 saturated heterocycles. The van der Waals surface area contributed by atoms with E-state index in [4.69, 9.17) is 0 Å². The molecule has 0 spiro atoms. The van der Waals surface area contributed by atoms with Crippen LogP contribution >= 0.6 is 11.3 Å². The zero-order valence-electron chi connectivity index (χ0n) is 15.4. The van der Waals surface area contributed by atoms with Gasteiger partial charge < -0.3 is 15.2 Å².